The van der Waals surface area contributed by atoms with Gasteiger partial charge in [-0.05, 0) is 68.6 Å². The highest BCUT2D eigenvalue weighted by atomic mass is 16.5. The van der Waals surface area contributed by atoms with Crippen LogP contribution in [0.5, 0.6) is 0 Å². The summed E-state index contributed by atoms with van der Waals surface area (Å²) < 4.78 is 5.51. The van der Waals surface area contributed by atoms with Gasteiger partial charge in [0.1, 0.15) is 5.82 Å². The molecule has 1 saturated carbocycles. The van der Waals surface area contributed by atoms with Gasteiger partial charge >= 0.3 is 0 Å². The zero-order valence-corrected chi connectivity index (χ0v) is 19.5. The minimum absolute atomic E-state index is 0.0829. The fourth-order valence-corrected chi connectivity index (χ4v) is 5.88. The Morgan fingerprint density at radius 3 is 2.52 bits per heavy atom. The molecule has 1 aromatic carbocycles. The highest BCUT2D eigenvalue weighted by Crippen LogP contribution is 2.39. The van der Waals surface area contributed by atoms with E-state index in [1.807, 2.05) is 43.3 Å². The third-order valence-corrected chi connectivity index (χ3v) is 7.49. The Balaban J connectivity index is 1.15. The number of likely N-dealkylation sites (tertiary alicyclic amines) is 1. The third-order valence-electron chi connectivity index (χ3n) is 7.49. The molecule has 0 bridgehead atoms. The van der Waals surface area contributed by atoms with Crippen LogP contribution in [-0.4, -0.2) is 66.4 Å². The second-order valence-corrected chi connectivity index (χ2v) is 9.82. The lowest BCUT2D eigenvalue weighted by molar-refractivity contribution is 0.0545. The molecule has 7 heteroatoms. The Morgan fingerprint density at radius 2 is 1.82 bits per heavy atom. The van der Waals surface area contributed by atoms with Gasteiger partial charge in [0, 0.05) is 56.6 Å². The van der Waals surface area contributed by atoms with Gasteiger partial charge in [-0.3, -0.25) is 4.79 Å². The summed E-state index contributed by atoms with van der Waals surface area (Å²) in [6.07, 6.45) is 4.85. The minimum Gasteiger partial charge on any atom is -0.381 e. The van der Waals surface area contributed by atoms with Crippen molar-refractivity contribution in [1.82, 2.24) is 20.4 Å². The SMILES string of the molecule is CCNC(=O)c1ccccc1-c1ccc(NC2CC3CN(CC4CCOCC4)C[C@H]3C2)nn1. The molecule has 3 heterocycles. The fourth-order valence-electron chi connectivity index (χ4n) is 5.88. The van der Waals surface area contributed by atoms with Crippen molar-refractivity contribution < 1.29 is 9.53 Å². The molecule has 1 amide bonds. The van der Waals surface area contributed by atoms with Gasteiger partial charge in [0.15, 0.2) is 0 Å². The number of rotatable bonds is 7. The molecule has 2 aromatic rings. The maximum Gasteiger partial charge on any atom is 0.251 e. The van der Waals surface area contributed by atoms with E-state index < -0.39 is 0 Å². The van der Waals surface area contributed by atoms with Gasteiger partial charge in [0.05, 0.1) is 5.69 Å². The van der Waals surface area contributed by atoms with Gasteiger partial charge < -0.3 is 20.3 Å². The first-order valence-corrected chi connectivity index (χ1v) is 12.5. The number of fused-ring (bicyclic) bond motifs is 1. The number of hydrogen-bond donors (Lipinski definition) is 2. The summed E-state index contributed by atoms with van der Waals surface area (Å²) in [6.45, 7) is 8.12. The van der Waals surface area contributed by atoms with Gasteiger partial charge in [0.2, 0.25) is 0 Å². The molecule has 2 N–H and O–H groups in total. The molecule has 0 radical (unpaired) electrons. The second-order valence-electron chi connectivity index (χ2n) is 9.82. The Morgan fingerprint density at radius 1 is 1.06 bits per heavy atom. The molecule has 1 aliphatic carbocycles. The summed E-state index contributed by atoms with van der Waals surface area (Å²) in [4.78, 5) is 15.1. The molecule has 2 saturated heterocycles. The largest absolute Gasteiger partial charge is 0.381 e. The third kappa shape index (κ3) is 5.20. The zero-order valence-electron chi connectivity index (χ0n) is 19.5. The van der Waals surface area contributed by atoms with Crippen molar-refractivity contribution in [2.24, 2.45) is 17.8 Å². The standard InChI is InChI=1S/C26H35N5O2/c1-2-27-26(32)23-6-4-3-5-22(23)24-7-8-25(30-29-24)28-21-13-19-16-31(17-20(19)14-21)15-18-9-11-33-12-10-18/h3-8,18-21H,2,9-17H2,1H3,(H,27,32)(H,28,30)/t19-,20?,21?/m1/s1. The number of hydrogen-bond acceptors (Lipinski definition) is 6. The zero-order chi connectivity index (χ0) is 22.6. The van der Waals surface area contributed by atoms with Gasteiger partial charge in [-0.1, -0.05) is 18.2 Å². The Hall–Kier alpha value is -2.51. The van der Waals surface area contributed by atoms with Gasteiger partial charge in [-0.2, -0.15) is 0 Å². The van der Waals surface area contributed by atoms with Crippen LogP contribution in [0.1, 0.15) is 43.0 Å². The lowest BCUT2D eigenvalue weighted by Crippen LogP contribution is -2.32. The number of carbonyl (C=O) groups is 1. The van der Waals surface area contributed by atoms with E-state index in [9.17, 15) is 4.79 Å². The van der Waals surface area contributed by atoms with Crippen molar-refractivity contribution in [3.05, 3.63) is 42.0 Å². The smallest absolute Gasteiger partial charge is 0.251 e. The summed E-state index contributed by atoms with van der Waals surface area (Å²) in [7, 11) is 0. The molecule has 0 spiro atoms. The molecule has 3 fully saturated rings. The number of aromatic nitrogens is 2. The molecule has 2 aliphatic heterocycles. The number of anilines is 1. The number of amides is 1. The molecular weight excluding hydrogens is 414 g/mol. The average molecular weight is 450 g/mol. The molecule has 5 rings (SSSR count). The first kappa shape index (κ1) is 22.3. The quantitative estimate of drug-likeness (QED) is 0.674. The van der Waals surface area contributed by atoms with Crippen LogP contribution in [0.4, 0.5) is 5.82 Å². The van der Waals surface area contributed by atoms with Crippen molar-refractivity contribution in [3.63, 3.8) is 0 Å². The Kier molecular flexibility index (Phi) is 6.88. The normalized spacial score (nSPS) is 25.7. The van der Waals surface area contributed by atoms with Crippen LogP contribution in [0, 0.1) is 17.8 Å². The summed E-state index contributed by atoms with van der Waals surface area (Å²) >= 11 is 0. The lowest BCUT2D eigenvalue weighted by Gasteiger charge is -2.27. The van der Waals surface area contributed by atoms with Crippen molar-refractivity contribution in [2.45, 2.75) is 38.6 Å². The Bertz CT molecular complexity index is 930. The van der Waals surface area contributed by atoms with E-state index in [-0.39, 0.29) is 5.91 Å². The second kappa shape index (κ2) is 10.2. The molecule has 1 aromatic heterocycles. The highest BCUT2D eigenvalue weighted by Gasteiger charge is 2.41. The van der Waals surface area contributed by atoms with E-state index >= 15 is 0 Å². The summed E-state index contributed by atoms with van der Waals surface area (Å²) in [5, 5.41) is 15.4. The topological polar surface area (TPSA) is 79.4 Å². The lowest BCUT2D eigenvalue weighted by atomic mass is 10.00. The van der Waals surface area contributed by atoms with E-state index in [4.69, 9.17) is 4.74 Å². The van der Waals surface area contributed by atoms with Crippen molar-refractivity contribution >= 4 is 11.7 Å². The van der Waals surface area contributed by atoms with E-state index in [1.54, 1.807) is 0 Å². The summed E-state index contributed by atoms with van der Waals surface area (Å²) in [5.41, 5.74) is 2.15. The monoisotopic (exact) mass is 449 g/mol. The number of carbonyl (C=O) groups excluding carboxylic acids is 1. The van der Waals surface area contributed by atoms with Crippen LogP contribution in [0.2, 0.25) is 0 Å². The maximum atomic E-state index is 12.4. The maximum absolute atomic E-state index is 12.4. The highest BCUT2D eigenvalue weighted by molar-refractivity contribution is 6.00. The number of nitrogens with zero attached hydrogens (tertiary/aromatic N) is 3. The van der Waals surface area contributed by atoms with Crippen molar-refractivity contribution in [2.75, 3.05) is 44.7 Å². The van der Waals surface area contributed by atoms with Crippen LogP contribution in [0.3, 0.4) is 0 Å². The molecular formula is C26H35N5O2. The molecule has 7 nitrogen and oxygen atoms in total. The van der Waals surface area contributed by atoms with E-state index in [0.29, 0.717) is 18.2 Å². The predicted molar refractivity (Wildman–Crippen MR) is 129 cm³/mol. The van der Waals surface area contributed by atoms with Gasteiger partial charge in [-0.25, -0.2) is 0 Å². The number of ether oxygens (including phenoxy) is 1. The number of benzene rings is 1. The van der Waals surface area contributed by atoms with Crippen LogP contribution in [-0.2, 0) is 4.74 Å². The number of nitrogens with one attached hydrogen (secondary N) is 2. The molecule has 33 heavy (non-hydrogen) atoms. The van der Waals surface area contributed by atoms with Gasteiger partial charge in [-0.15, -0.1) is 10.2 Å². The van der Waals surface area contributed by atoms with E-state index in [1.165, 1.54) is 45.3 Å². The van der Waals surface area contributed by atoms with Crippen LogP contribution >= 0.6 is 0 Å². The molecule has 176 valence electrons. The first-order chi connectivity index (χ1) is 16.2. The van der Waals surface area contributed by atoms with E-state index in [2.05, 4.69) is 25.7 Å². The van der Waals surface area contributed by atoms with Crippen molar-refractivity contribution in [3.8, 4) is 11.3 Å². The Labute approximate surface area is 196 Å². The fraction of sp³-hybridized carbons (Fsp3) is 0.577. The van der Waals surface area contributed by atoms with E-state index in [0.717, 1.165) is 48.0 Å². The minimum atomic E-state index is -0.0829. The molecule has 2 unspecified atom stereocenters. The molecule has 3 atom stereocenters. The van der Waals surface area contributed by atoms with Crippen LogP contribution in [0.25, 0.3) is 11.3 Å². The summed E-state index contributed by atoms with van der Waals surface area (Å²) in [5.74, 6) is 3.13. The van der Waals surface area contributed by atoms with Crippen molar-refractivity contribution in [1.29, 1.82) is 0 Å². The van der Waals surface area contributed by atoms with Crippen LogP contribution in [0.15, 0.2) is 36.4 Å². The summed E-state index contributed by atoms with van der Waals surface area (Å²) in [6, 6.07) is 12.0. The molecule has 3 aliphatic rings. The average Bonchev–Trinajstić information content (AvgIpc) is 3.38. The van der Waals surface area contributed by atoms with Gasteiger partial charge in [0.25, 0.3) is 5.91 Å². The predicted octanol–water partition coefficient (Wildman–Crippen LogP) is 3.44. The first-order valence-electron chi connectivity index (χ1n) is 12.5. The van der Waals surface area contributed by atoms with Crippen LogP contribution < -0.4 is 10.6 Å².